The monoisotopic (exact) mass is 550 g/mol. The van der Waals surface area contributed by atoms with Gasteiger partial charge in [0.2, 0.25) is 0 Å². The third kappa shape index (κ3) is 8.63. The van der Waals surface area contributed by atoms with Crippen LogP contribution in [0.3, 0.4) is 0 Å². The summed E-state index contributed by atoms with van der Waals surface area (Å²) in [5.41, 5.74) is 12.3. The molecule has 2 atom stereocenters. The molecule has 4 N–H and O–H groups in total. The third-order valence-electron chi connectivity index (χ3n) is 5.23. The number of alkyl halides is 3. The Kier molecular flexibility index (Phi) is 9.49. The smallest absolute Gasteiger partial charge is 0.463 e. The predicted octanol–water partition coefficient (Wildman–Crippen LogP) is 5.01. The second-order valence-electron chi connectivity index (χ2n) is 7.97. The van der Waals surface area contributed by atoms with Gasteiger partial charge in [-0.05, 0) is 55.0 Å². The van der Waals surface area contributed by atoms with Crippen molar-refractivity contribution in [2.75, 3.05) is 13.2 Å². The Bertz CT molecular complexity index is 1120. The number of amidine groups is 2. The minimum atomic E-state index is -4.92. The zero-order chi connectivity index (χ0) is 26.3. The first-order valence-electron chi connectivity index (χ1n) is 10.9. The van der Waals surface area contributed by atoms with Crippen LogP contribution in [0.25, 0.3) is 0 Å². The first kappa shape index (κ1) is 27.7. The Hall–Kier alpha value is -2.92. The van der Waals surface area contributed by atoms with Crippen LogP contribution >= 0.6 is 23.2 Å². The number of nitrogens with zero attached hydrogens (tertiary/aromatic N) is 2. The largest absolute Gasteiger partial charge is 0.573 e. The fourth-order valence-electron chi connectivity index (χ4n) is 3.47. The van der Waals surface area contributed by atoms with E-state index in [1.165, 1.54) is 6.07 Å². The molecule has 2 aliphatic rings. The molecule has 7 nitrogen and oxygen atoms in total. The number of halogens is 6. The van der Waals surface area contributed by atoms with E-state index in [9.17, 15) is 17.6 Å². The lowest BCUT2D eigenvalue weighted by Crippen LogP contribution is -2.18. The van der Waals surface area contributed by atoms with Crippen LogP contribution in [0.1, 0.15) is 24.0 Å². The molecule has 0 fully saturated rings. The molecule has 0 amide bonds. The average Bonchev–Trinajstić information content (AvgIpc) is 3.42. The van der Waals surface area contributed by atoms with Crippen molar-refractivity contribution in [3.8, 4) is 5.75 Å². The van der Waals surface area contributed by atoms with Crippen LogP contribution in [0, 0.1) is 5.82 Å². The van der Waals surface area contributed by atoms with E-state index in [4.69, 9.17) is 44.1 Å². The molecule has 0 saturated carbocycles. The molecule has 0 bridgehead atoms. The van der Waals surface area contributed by atoms with Gasteiger partial charge in [-0.2, -0.15) is 0 Å². The third-order valence-corrected chi connectivity index (χ3v) is 6.09. The van der Waals surface area contributed by atoms with Gasteiger partial charge in [0.25, 0.3) is 12.0 Å². The number of hydrogen-bond acceptors (Lipinski definition) is 7. The van der Waals surface area contributed by atoms with Crippen LogP contribution in [-0.2, 0) is 22.3 Å². The van der Waals surface area contributed by atoms with E-state index in [1.807, 2.05) is 12.1 Å². The van der Waals surface area contributed by atoms with Crippen molar-refractivity contribution in [2.24, 2.45) is 21.5 Å². The Morgan fingerprint density at radius 3 is 2.11 bits per heavy atom. The molecule has 2 aromatic carbocycles. The lowest BCUT2D eigenvalue weighted by Gasteiger charge is -2.11. The van der Waals surface area contributed by atoms with Crippen LogP contribution in [0.4, 0.5) is 17.6 Å². The van der Waals surface area contributed by atoms with Crippen molar-refractivity contribution in [1.29, 1.82) is 0 Å². The summed E-state index contributed by atoms with van der Waals surface area (Å²) in [5.74, 6) is -1.89. The SMILES string of the molecule is NC1=N[C@@H](CCc2ccc(F)c(OC(F)(F)F)c2)CO1.NC1=N[C@@H](CCc2cccc(Cl)c2Cl)CO1. The van der Waals surface area contributed by atoms with Gasteiger partial charge in [0.15, 0.2) is 11.6 Å². The maximum absolute atomic E-state index is 13.2. The normalized spacial score (nSPS) is 18.9. The highest BCUT2D eigenvalue weighted by molar-refractivity contribution is 6.42. The fourth-order valence-corrected chi connectivity index (χ4v) is 3.89. The summed E-state index contributed by atoms with van der Waals surface area (Å²) in [6.45, 7) is 0.906. The number of ether oxygens (including phenoxy) is 3. The molecule has 0 unspecified atom stereocenters. The van der Waals surface area contributed by atoms with E-state index in [0.29, 0.717) is 41.7 Å². The summed E-state index contributed by atoms with van der Waals surface area (Å²) in [7, 11) is 0. The molecule has 196 valence electrons. The first-order valence-corrected chi connectivity index (χ1v) is 11.6. The van der Waals surface area contributed by atoms with E-state index < -0.39 is 17.9 Å². The second-order valence-corrected chi connectivity index (χ2v) is 8.75. The van der Waals surface area contributed by atoms with Crippen molar-refractivity contribution in [3.63, 3.8) is 0 Å². The van der Waals surface area contributed by atoms with Crippen LogP contribution in [0.2, 0.25) is 10.0 Å². The molecule has 2 aliphatic heterocycles. The molecule has 2 heterocycles. The summed E-state index contributed by atoms with van der Waals surface area (Å²) in [6.07, 6.45) is -2.28. The van der Waals surface area contributed by atoms with Crippen molar-refractivity contribution in [1.82, 2.24) is 0 Å². The summed E-state index contributed by atoms with van der Waals surface area (Å²) < 4.78 is 63.1. The molecule has 0 spiro atoms. The zero-order valence-electron chi connectivity index (χ0n) is 18.9. The highest BCUT2D eigenvalue weighted by Crippen LogP contribution is 2.28. The summed E-state index contributed by atoms with van der Waals surface area (Å²) in [4.78, 5) is 8.14. The average molecular weight is 551 g/mol. The quantitative estimate of drug-likeness (QED) is 0.471. The molecular formula is C23H24Cl2F4N4O3. The van der Waals surface area contributed by atoms with Crippen LogP contribution in [0.5, 0.6) is 5.75 Å². The molecule has 2 aromatic rings. The Balaban J connectivity index is 0.000000205. The van der Waals surface area contributed by atoms with Gasteiger partial charge in [-0.3, -0.25) is 0 Å². The summed E-state index contributed by atoms with van der Waals surface area (Å²) in [6, 6.07) is 9.41. The van der Waals surface area contributed by atoms with E-state index in [1.54, 1.807) is 6.07 Å². The van der Waals surface area contributed by atoms with Gasteiger partial charge in [-0.15, -0.1) is 13.2 Å². The minimum Gasteiger partial charge on any atom is -0.463 e. The maximum Gasteiger partial charge on any atom is 0.573 e. The number of hydrogen-bond donors (Lipinski definition) is 2. The van der Waals surface area contributed by atoms with Gasteiger partial charge < -0.3 is 25.7 Å². The molecule has 0 radical (unpaired) electrons. The predicted molar refractivity (Wildman–Crippen MR) is 129 cm³/mol. The summed E-state index contributed by atoms with van der Waals surface area (Å²) >= 11 is 12.0. The van der Waals surface area contributed by atoms with Gasteiger partial charge in [0, 0.05) is 0 Å². The van der Waals surface area contributed by atoms with E-state index in [2.05, 4.69) is 14.7 Å². The number of rotatable bonds is 7. The molecule has 13 heteroatoms. The topological polar surface area (TPSA) is 104 Å². The van der Waals surface area contributed by atoms with Gasteiger partial charge in [-0.25, -0.2) is 14.4 Å². The Labute approximate surface area is 215 Å². The number of aryl methyl sites for hydroxylation is 2. The maximum atomic E-state index is 13.2. The lowest BCUT2D eigenvalue weighted by molar-refractivity contribution is -0.275. The van der Waals surface area contributed by atoms with Gasteiger partial charge in [0.05, 0.1) is 22.1 Å². The molecule has 4 rings (SSSR count). The zero-order valence-corrected chi connectivity index (χ0v) is 20.4. The standard InChI is InChI=1S/C12H12F4N2O2.C11H12Cl2N2O/c13-9-4-2-7(5-10(9)20-12(14,15)16)1-3-8-6-19-11(17)18-8;12-9-3-1-2-7(10(9)13)4-5-8-6-16-11(14)15-8/h2,4-5,8H,1,3,6H2,(H2,17,18);1-3,8H,4-6H2,(H2,14,15)/t2*8-/m00/s1. The molecule has 0 aliphatic carbocycles. The van der Waals surface area contributed by atoms with Crippen LogP contribution in [-0.4, -0.2) is 43.7 Å². The highest BCUT2D eigenvalue weighted by Gasteiger charge is 2.32. The van der Waals surface area contributed by atoms with E-state index >= 15 is 0 Å². The number of nitrogens with two attached hydrogens (primary N) is 2. The van der Waals surface area contributed by atoms with E-state index in [-0.39, 0.29) is 24.1 Å². The van der Waals surface area contributed by atoms with Gasteiger partial charge >= 0.3 is 6.36 Å². The Morgan fingerprint density at radius 2 is 1.56 bits per heavy atom. The van der Waals surface area contributed by atoms with Crippen LogP contribution < -0.4 is 16.2 Å². The number of benzene rings is 2. The first-order chi connectivity index (χ1) is 17.0. The summed E-state index contributed by atoms with van der Waals surface area (Å²) in [5, 5.41) is 1.21. The van der Waals surface area contributed by atoms with Crippen molar-refractivity contribution < 1.29 is 31.8 Å². The highest BCUT2D eigenvalue weighted by atomic mass is 35.5. The lowest BCUT2D eigenvalue weighted by atomic mass is 10.1. The minimum absolute atomic E-state index is 0.107. The molecule has 0 aromatic heterocycles. The Morgan fingerprint density at radius 1 is 0.944 bits per heavy atom. The van der Waals surface area contributed by atoms with Crippen molar-refractivity contribution in [3.05, 3.63) is 63.4 Å². The van der Waals surface area contributed by atoms with Gasteiger partial charge in [0.1, 0.15) is 13.2 Å². The molecule has 36 heavy (non-hydrogen) atoms. The number of aliphatic imine (C=N–C) groups is 2. The molecule has 0 saturated heterocycles. The van der Waals surface area contributed by atoms with E-state index in [0.717, 1.165) is 30.5 Å². The van der Waals surface area contributed by atoms with Crippen molar-refractivity contribution in [2.45, 2.75) is 44.1 Å². The van der Waals surface area contributed by atoms with Crippen LogP contribution in [0.15, 0.2) is 46.4 Å². The van der Waals surface area contributed by atoms with Gasteiger partial charge in [-0.1, -0.05) is 41.4 Å². The molecular weight excluding hydrogens is 527 g/mol. The fraction of sp³-hybridized carbons (Fsp3) is 0.391. The second kappa shape index (κ2) is 12.4. The van der Waals surface area contributed by atoms with Crippen molar-refractivity contribution >= 4 is 35.2 Å².